The molecule has 3 N–H and O–H groups in total. The molecular formula is C66H79N4O4+. The third-order valence-corrected chi connectivity index (χ3v) is 14.8. The second-order valence-electron chi connectivity index (χ2n) is 20.1. The van der Waals surface area contributed by atoms with Crippen LogP contribution in [0.15, 0.2) is 168 Å². The summed E-state index contributed by atoms with van der Waals surface area (Å²) in [6, 6.07) is 41.5. The topological polar surface area (TPSA) is 102 Å². The highest BCUT2D eigenvalue weighted by molar-refractivity contribution is 6.40. The van der Waals surface area contributed by atoms with Crippen LogP contribution in [0.2, 0.25) is 0 Å². The van der Waals surface area contributed by atoms with Gasteiger partial charge in [0.2, 0.25) is 17.2 Å². The monoisotopic (exact) mass is 992 g/mol. The van der Waals surface area contributed by atoms with Crippen LogP contribution in [0.1, 0.15) is 156 Å². The maximum Gasteiger partial charge on any atom is 0.255 e. The number of Topliss-reactive ketones (excluding diaryl/α,β-unsaturated/α-hetero) is 1. The van der Waals surface area contributed by atoms with Crippen LogP contribution in [0.4, 0.5) is 22.7 Å². The number of ketones is 1. The van der Waals surface area contributed by atoms with E-state index >= 15 is 0 Å². The number of aliphatic hydroxyl groups excluding tert-OH is 1. The van der Waals surface area contributed by atoms with Crippen LogP contribution in [0.3, 0.4) is 0 Å². The molecule has 0 fully saturated rings. The van der Waals surface area contributed by atoms with Gasteiger partial charge >= 0.3 is 0 Å². The van der Waals surface area contributed by atoms with E-state index in [2.05, 4.69) is 110 Å². The fraction of sp³-hybridized carbons (Fsp3) is 0.364. The van der Waals surface area contributed by atoms with Gasteiger partial charge in [0.25, 0.3) is 11.8 Å². The van der Waals surface area contributed by atoms with Gasteiger partial charge in [0, 0.05) is 70.4 Å². The van der Waals surface area contributed by atoms with Gasteiger partial charge in [-0.15, -0.1) is 0 Å². The molecule has 7 rings (SSSR count). The fourth-order valence-electron chi connectivity index (χ4n) is 10.0. The Morgan fingerprint density at radius 2 is 1.14 bits per heavy atom. The van der Waals surface area contributed by atoms with Crippen molar-refractivity contribution in [3.8, 4) is 0 Å². The summed E-state index contributed by atoms with van der Waals surface area (Å²) in [6.45, 7) is 14.9. The van der Waals surface area contributed by atoms with Crippen molar-refractivity contribution in [1.82, 2.24) is 5.32 Å². The van der Waals surface area contributed by atoms with Gasteiger partial charge in [0.05, 0.1) is 22.5 Å². The van der Waals surface area contributed by atoms with Crippen LogP contribution in [0.25, 0.3) is 5.57 Å². The van der Waals surface area contributed by atoms with Gasteiger partial charge in [0.15, 0.2) is 6.54 Å². The van der Waals surface area contributed by atoms with Crippen molar-refractivity contribution in [2.45, 2.75) is 131 Å². The molecule has 0 heterocycles. The standard InChI is InChI=1S/C66H78N4O4/c1-7-13-23-47(11-5)45-69(53-35-31-49(32-36-53)25-15-9-3)55-39-41-57(59(43-55)67-65(73)51-27-19-17-20-28-51)61-63(71)62(64(61)72)58-42-40-56(44-60(58)68-66(74)52-29-21-18-22-30-52)70(46-48(12-6)24-14-8-2)54-37-33-50(34-38-54)26-16-10-4/h17-22,27-44,47-48H,7-16,23-26,45-46H2,1-6H3,(H2,67,68,71,72,73,74)/p+1. The predicted octanol–water partition coefficient (Wildman–Crippen LogP) is 16.0. The predicted molar refractivity (Wildman–Crippen MR) is 307 cm³/mol. The number of amides is 2. The number of hydrogen-bond donors (Lipinski definition) is 3. The van der Waals surface area contributed by atoms with Crippen molar-refractivity contribution in [3.05, 3.63) is 196 Å². The maximum atomic E-state index is 15.0. The van der Waals surface area contributed by atoms with Crippen LogP contribution >= 0.6 is 0 Å². The molecule has 0 bridgehead atoms. The molecule has 2 amide bonds. The number of rotatable bonds is 26. The minimum absolute atomic E-state index is 0.104. The number of hydrogen-bond acceptors (Lipinski definition) is 5. The van der Waals surface area contributed by atoms with Gasteiger partial charge in [-0.3, -0.25) is 14.4 Å². The smallest absolute Gasteiger partial charge is 0.255 e. The molecule has 0 saturated heterocycles. The Balaban J connectivity index is 1.36. The molecule has 74 heavy (non-hydrogen) atoms. The lowest BCUT2D eigenvalue weighted by Crippen LogP contribution is -2.31. The number of nitrogens with zero attached hydrogens (tertiary/aromatic N) is 2. The number of anilines is 3. The van der Waals surface area contributed by atoms with Crippen molar-refractivity contribution in [2.24, 2.45) is 11.8 Å². The van der Waals surface area contributed by atoms with Crippen molar-refractivity contribution < 1.29 is 24.1 Å². The average molecular weight is 992 g/mol. The highest BCUT2D eigenvalue weighted by Gasteiger charge is 2.40. The summed E-state index contributed by atoms with van der Waals surface area (Å²) >= 11 is 0. The highest BCUT2D eigenvalue weighted by atomic mass is 16.3. The number of benzene rings is 5. The summed E-state index contributed by atoms with van der Waals surface area (Å²) in [6.07, 6.45) is 21.1. The van der Waals surface area contributed by atoms with Crippen LogP contribution < -0.4 is 15.5 Å². The summed E-state index contributed by atoms with van der Waals surface area (Å²) in [5, 5.41) is 18.6. The largest absolute Gasteiger partial charge is 0.506 e. The van der Waals surface area contributed by atoms with E-state index in [-0.39, 0.29) is 34.5 Å². The van der Waals surface area contributed by atoms with E-state index in [0.717, 1.165) is 126 Å². The van der Waals surface area contributed by atoms with E-state index in [4.69, 9.17) is 0 Å². The maximum absolute atomic E-state index is 15.0. The third-order valence-electron chi connectivity index (χ3n) is 14.8. The van der Waals surface area contributed by atoms with Gasteiger partial charge < -0.3 is 20.6 Å². The first-order valence-electron chi connectivity index (χ1n) is 27.7. The normalized spacial score (nSPS) is 15.8. The van der Waals surface area contributed by atoms with Gasteiger partial charge in [-0.1, -0.05) is 147 Å². The molecule has 5 aromatic carbocycles. The van der Waals surface area contributed by atoms with Crippen LogP contribution in [0, 0.1) is 11.8 Å². The average Bonchev–Trinajstić information content (AvgIpc) is 3.44. The number of aryl methyl sites for hydroxylation is 2. The van der Waals surface area contributed by atoms with Crippen molar-refractivity contribution >= 4 is 51.6 Å². The Labute approximate surface area is 441 Å². The molecule has 0 saturated carbocycles. The summed E-state index contributed by atoms with van der Waals surface area (Å²) < 4.78 is 2.32. The summed E-state index contributed by atoms with van der Waals surface area (Å²) in [5.74, 6) is -0.394. The SMILES string of the molecule is CCCCc1ccc(N(CC(CC)CCCC)c2ccc(C3=C(O)/C(=C4/C=CC(=[N+](CC(CC)CCCC)c5ccc(CCCC)cc5)C=C4NC(=O)c4ccccc4)C3=O)c(NC(=O)c3ccccc3)c2)cc1. The zero-order chi connectivity index (χ0) is 52.4. The fourth-order valence-corrected chi connectivity index (χ4v) is 10.0. The minimum Gasteiger partial charge on any atom is -0.506 e. The lowest BCUT2D eigenvalue weighted by Gasteiger charge is -2.31. The third kappa shape index (κ3) is 13.8. The molecule has 0 aromatic heterocycles. The molecule has 0 aliphatic heterocycles. The van der Waals surface area contributed by atoms with Gasteiger partial charge in [0.1, 0.15) is 5.76 Å². The van der Waals surface area contributed by atoms with Gasteiger partial charge in [-0.05, 0) is 123 Å². The number of aliphatic hydroxyl groups is 1. The molecule has 2 aliphatic rings. The molecule has 8 heteroatoms. The number of unbranched alkanes of at least 4 members (excludes halogenated alkanes) is 4. The molecule has 5 aromatic rings. The van der Waals surface area contributed by atoms with Crippen LogP contribution in [-0.4, -0.2) is 46.1 Å². The Hall–Kier alpha value is -7.06. The lowest BCUT2D eigenvalue weighted by molar-refractivity contribution is -0.448. The van der Waals surface area contributed by atoms with Gasteiger partial charge in [-0.2, -0.15) is 4.58 Å². The van der Waals surface area contributed by atoms with Crippen molar-refractivity contribution in [2.75, 3.05) is 23.3 Å². The van der Waals surface area contributed by atoms with Crippen molar-refractivity contribution in [3.63, 3.8) is 0 Å². The van der Waals surface area contributed by atoms with Crippen molar-refractivity contribution in [1.29, 1.82) is 0 Å². The Kier molecular flexibility index (Phi) is 20.2. The molecule has 0 radical (unpaired) electrons. The van der Waals surface area contributed by atoms with E-state index in [1.54, 1.807) is 24.3 Å². The Morgan fingerprint density at radius 3 is 1.69 bits per heavy atom. The summed E-state index contributed by atoms with van der Waals surface area (Å²) in [7, 11) is 0. The number of allylic oxidation sites excluding steroid dienone is 5. The van der Waals surface area contributed by atoms with Crippen LogP contribution in [0.5, 0.6) is 0 Å². The number of nitrogens with one attached hydrogen (secondary N) is 2. The number of carbonyl (C=O) groups is 3. The molecule has 2 unspecified atom stereocenters. The second kappa shape index (κ2) is 27.3. The summed E-state index contributed by atoms with van der Waals surface area (Å²) in [4.78, 5) is 45.4. The quantitative estimate of drug-likeness (QED) is 0.0378. The second-order valence-corrected chi connectivity index (χ2v) is 20.1. The highest BCUT2D eigenvalue weighted by Crippen LogP contribution is 2.44. The zero-order valence-corrected chi connectivity index (χ0v) is 44.9. The molecule has 386 valence electrons. The Bertz CT molecular complexity index is 2860. The first-order chi connectivity index (χ1) is 36.1. The molecule has 2 atom stereocenters. The van der Waals surface area contributed by atoms with E-state index < -0.39 is 0 Å². The molecule has 8 nitrogen and oxygen atoms in total. The van der Waals surface area contributed by atoms with Crippen LogP contribution in [-0.2, 0) is 17.6 Å². The first kappa shape index (κ1) is 54.7. The van der Waals surface area contributed by atoms with E-state index in [1.165, 1.54) is 11.1 Å². The Morgan fingerprint density at radius 1 is 0.595 bits per heavy atom. The minimum atomic E-state index is -0.385. The van der Waals surface area contributed by atoms with E-state index in [1.807, 2.05) is 72.8 Å². The molecular weight excluding hydrogens is 913 g/mol. The van der Waals surface area contributed by atoms with E-state index in [0.29, 0.717) is 45.5 Å². The van der Waals surface area contributed by atoms with Gasteiger partial charge in [-0.25, -0.2) is 0 Å². The molecule has 2 aliphatic carbocycles. The number of carbonyl (C=O) groups excluding carboxylic acids is 3. The summed E-state index contributed by atoms with van der Waals surface area (Å²) in [5.41, 5.74) is 9.22. The lowest BCUT2D eigenvalue weighted by atomic mass is 9.78. The molecule has 0 spiro atoms. The zero-order valence-electron chi connectivity index (χ0n) is 44.9. The first-order valence-corrected chi connectivity index (χ1v) is 27.7. The van der Waals surface area contributed by atoms with E-state index in [9.17, 15) is 19.5 Å².